The van der Waals surface area contributed by atoms with Gasteiger partial charge in [-0.05, 0) is 56.1 Å². The van der Waals surface area contributed by atoms with E-state index in [2.05, 4.69) is 35.3 Å². The van der Waals surface area contributed by atoms with E-state index < -0.39 is 0 Å². The summed E-state index contributed by atoms with van der Waals surface area (Å²) in [5, 5.41) is 3.42. The van der Waals surface area contributed by atoms with Gasteiger partial charge in [0.2, 0.25) is 0 Å². The summed E-state index contributed by atoms with van der Waals surface area (Å²) in [6, 6.07) is 6.48. The largest absolute Gasteiger partial charge is 0.493 e. The van der Waals surface area contributed by atoms with E-state index in [1.165, 1.54) is 43.6 Å². The molecule has 0 amide bonds. The van der Waals surface area contributed by atoms with Crippen LogP contribution in [0.5, 0.6) is 5.75 Å². The number of nitrogens with zero attached hydrogens (tertiary/aromatic N) is 1. The summed E-state index contributed by atoms with van der Waals surface area (Å²) in [5.41, 5.74) is 2.84. The fourth-order valence-electron chi connectivity index (χ4n) is 3.41. The number of hydrogen-bond donors (Lipinski definition) is 1. The number of nitrogens with one attached hydrogen (secondary N) is 1. The molecule has 0 bridgehead atoms. The van der Waals surface area contributed by atoms with Crippen molar-refractivity contribution in [2.75, 3.05) is 32.8 Å². The zero-order valence-corrected chi connectivity index (χ0v) is 12.5. The lowest BCUT2D eigenvalue weighted by molar-refractivity contribution is 0.134. The molecule has 2 aliphatic heterocycles. The van der Waals surface area contributed by atoms with Crippen LogP contribution in [0.1, 0.15) is 30.9 Å². The normalized spacial score (nSPS) is 23.4. The SMILES string of the molecule is CCN1CCCC(COc2cccc3c2CCNC3)C1. The minimum Gasteiger partial charge on any atom is -0.493 e. The Morgan fingerprint density at radius 3 is 3.25 bits per heavy atom. The van der Waals surface area contributed by atoms with Crippen LogP contribution in [0.3, 0.4) is 0 Å². The summed E-state index contributed by atoms with van der Waals surface area (Å²) < 4.78 is 6.18. The van der Waals surface area contributed by atoms with Crippen molar-refractivity contribution in [3.8, 4) is 5.75 Å². The van der Waals surface area contributed by atoms with Gasteiger partial charge in [-0.25, -0.2) is 0 Å². The maximum absolute atomic E-state index is 6.18. The third-order valence-corrected chi connectivity index (χ3v) is 4.62. The van der Waals surface area contributed by atoms with Crippen LogP contribution in [0.15, 0.2) is 18.2 Å². The van der Waals surface area contributed by atoms with Gasteiger partial charge in [0.25, 0.3) is 0 Å². The summed E-state index contributed by atoms with van der Waals surface area (Å²) >= 11 is 0. The van der Waals surface area contributed by atoms with Gasteiger partial charge in [0.1, 0.15) is 5.75 Å². The smallest absolute Gasteiger partial charge is 0.122 e. The summed E-state index contributed by atoms with van der Waals surface area (Å²) in [5.74, 6) is 1.82. The maximum atomic E-state index is 6.18. The molecule has 1 unspecified atom stereocenters. The Labute approximate surface area is 122 Å². The number of benzene rings is 1. The third-order valence-electron chi connectivity index (χ3n) is 4.62. The maximum Gasteiger partial charge on any atom is 0.122 e. The minimum absolute atomic E-state index is 0.696. The zero-order valence-electron chi connectivity index (χ0n) is 12.5. The van der Waals surface area contributed by atoms with E-state index in [1.807, 2.05) is 0 Å². The Kier molecular flexibility index (Phi) is 4.58. The predicted molar refractivity (Wildman–Crippen MR) is 82.2 cm³/mol. The van der Waals surface area contributed by atoms with Crippen molar-refractivity contribution in [3.05, 3.63) is 29.3 Å². The molecule has 2 heterocycles. The van der Waals surface area contributed by atoms with Crippen molar-refractivity contribution in [2.45, 2.75) is 32.7 Å². The van der Waals surface area contributed by atoms with Gasteiger partial charge in [-0.15, -0.1) is 0 Å². The van der Waals surface area contributed by atoms with Gasteiger partial charge in [0, 0.05) is 19.0 Å². The first-order valence-electron chi connectivity index (χ1n) is 8.03. The molecule has 1 atom stereocenters. The van der Waals surface area contributed by atoms with Crippen molar-refractivity contribution < 1.29 is 4.74 Å². The zero-order chi connectivity index (χ0) is 13.8. The molecule has 0 spiro atoms. The Morgan fingerprint density at radius 1 is 1.40 bits per heavy atom. The topological polar surface area (TPSA) is 24.5 Å². The second-order valence-electron chi connectivity index (χ2n) is 6.03. The van der Waals surface area contributed by atoms with Gasteiger partial charge < -0.3 is 15.0 Å². The van der Waals surface area contributed by atoms with Crippen molar-refractivity contribution in [1.82, 2.24) is 10.2 Å². The number of ether oxygens (including phenoxy) is 1. The first kappa shape index (κ1) is 13.9. The highest BCUT2D eigenvalue weighted by molar-refractivity contribution is 5.41. The summed E-state index contributed by atoms with van der Waals surface area (Å²) in [4.78, 5) is 2.54. The van der Waals surface area contributed by atoms with Gasteiger partial charge in [0.15, 0.2) is 0 Å². The molecule has 3 nitrogen and oxygen atoms in total. The molecule has 3 heteroatoms. The quantitative estimate of drug-likeness (QED) is 0.912. The van der Waals surface area contributed by atoms with Crippen LogP contribution in [0.4, 0.5) is 0 Å². The molecule has 1 fully saturated rings. The number of piperidine rings is 1. The Hall–Kier alpha value is -1.06. The van der Waals surface area contributed by atoms with E-state index in [1.54, 1.807) is 0 Å². The lowest BCUT2D eigenvalue weighted by atomic mass is 9.98. The summed E-state index contributed by atoms with van der Waals surface area (Å²) in [6.07, 6.45) is 3.73. The fraction of sp³-hybridized carbons (Fsp3) is 0.647. The van der Waals surface area contributed by atoms with Gasteiger partial charge in [-0.3, -0.25) is 0 Å². The van der Waals surface area contributed by atoms with E-state index >= 15 is 0 Å². The first-order chi connectivity index (χ1) is 9.86. The van der Waals surface area contributed by atoms with E-state index in [0.29, 0.717) is 5.92 Å². The minimum atomic E-state index is 0.696. The van der Waals surface area contributed by atoms with Gasteiger partial charge in [-0.2, -0.15) is 0 Å². The average molecular weight is 274 g/mol. The number of rotatable bonds is 4. The average Bonchev–Trinajstić information content (AvgIpc) is 2.53. The van der Waals surface area contributed by atoms with E-state index in [-0.39, 0.29) is 0 Å². The van der Waals surface area contributed by atoms with E-state index in [9.17, 15) is 0 Å². The van der Waals surface area contributed by atoms with Crippen LogP contribution in [0.2, 0.25) is 0 Å². The van der Waals surface area contributed by atoms with Crippen molar-refractivity contribution in [3.63, 3.8) is 0 Å². The molecule has 2 aliphatic rings. The second kappa shape index (κ2) is 6.59. The van der Waals surface area contributed by atoms with Gasteiger partial charge in [-0.1, -0.05) is 19.1 Å². The molecule has 1 saturated heterocycles. The van der Waals surface area contributed by atoms with E-state index in [0.717, 1.165) is 31.9 Å². The van der Waals surface area contributed by atoms with Crippen LogP contribution in [0, 0.1) is 5.92 Å². The predicted octanol–water partition coefficient (Wildman–Crippen LogP) is 2.44. The lowest BCUT2D eigenvalue weighted by Crippen LogP contribution is -2.37. The molecular formula is C17H26N2O. The standard InChI is InChI=1S/C17H26N2O/c1-2-19-10-4-5-14(12-19)13-20-17-7-3-6-15-11-18-9-8-16(15)17/h3,6-7,14,18H,2,4-5,8-13H2,1H3. The molecule has 3 rings (SSSR count). The van der Waals surface area contributed by atoms with Crippen LogP contribution < -0.4 is 10.1 Å². The molecule has 1 N–H and O–H groups in total. The molecule has 0 aliphatic carbocycles. The molecule has 0 radical (unpaired) electrons. The second-order valence-corrected chi connectivity index (χ2v) is 6.03. The van der Waals surface area contributed by atoms with Crippen molar-refractivity contribution >= 4 is 0 Å². The Balaban J connectivity index is 1.61. The van der Waals surface area contributed by atoms with Crippen LogP contribution in [-0.2, 0) is 13.0 Å². The lowest BCUT2D eigenvalue weighted by Gasteiger charge is -2.32. The summed E-state index contributed by atoms with van der Waals surface area (Å²) in [6.45, 7) is 8.82. The number of fused-ring (bicyclic) bond motifs is 1. The van der Waals surface area contributed by atoms with Crippen molar-refractivity contribution in [1.29, 1.82) is 0 Å². The fourth-order valence-corrected chi connectivity index (χ4v) is 3.41. The number of likely N-dealkylation sites (tertiary alicyclic amines) is 1. The van der Waals surface area contributed by atoms with Crippen LogP contribution in [0.25, 0.3) is 0 Å². The molecule has 20 heavy (non-hydrogen) atoms. The first-order valence-corrected chi connectivity index (χ1v) is 8.03. The summed E-state index contributed by atoms with van der Waals surface area (Å²) in [7, 11) is 0. The monoisotopic (exact) mass is 274 g/mol. The van der Waals surface area contributed by atoms with Gasteiger partial charge >= 0.3 is 0 Å². The van der Waals surface area contributed by atoms with Crippen molar-refractivity contribution in [2.24, 2.45) is 5.92 Å². The molecular weight excluding hydrogens is 248 g/mol. The highest BCUT2D eigenvalue weighted by Crippen LogP contribution is 2.26. The molecule has 1 aromatic carbocycles. The molecule has 0 saturated carbocycles. The molecule has 110 valence electrons. The Morgan fingerprint density at radius 2 is 2.35 bits per heavy atom. The molecule has 0 aromatic heterocycles. The highest BCUT2D eigenvalue weighted by Gasteiger charge is 2.20. The Bertz CT molecular complexity index is 447. The highest BCUT2D eigenvalue weighted by atomic mass is 16.5. The van der Waals surface area contributed by atoms with Crippen LogP contribution >= 0.6 is 0 Å². The van der Waals surface area contributed by atoms with Gasteiger partial charge in [0.05, 0.1) is 6.61 Å². The molecule has 1 aromatic rings. The van der Waals surface area contributed by atoms with Crippen LogP contribution in [-0.4, -0.2) is 37.7 Å². The van der Waals surface area contributed by atoms with E-state index in [4.69, 9.17) is 4.74 Å². The number of hydrogen-bond acceptors (Lipinski definition) is 3. The third kappa shape index (κ3) is 3.15.